The van der Waals surface area contributed by atoms with Crippen LogP contribution in [0.4, 0.5) is 0 Å². The molecule has 4 rings (SSSR count). The van der Waals surface area contributed by atoms with Crippen molar-refractivity contribution in [1.82, 2.24) is 18.9 Å². The highest BCUT2D eigenvalue weighted by Gasteiger charge is 2.24. The average Bonchev–Trinajstić information content (AvgIpc) is 3.20. The first-order valence-corrected chi connectivity index (χ1v) is 7.77. The molecule has 22 heavy (non-hydrogen) atoms. The number of hydrogen-bond donors (Lipinski definition) is 1. The number of rotatable bonds is 3. The van der Waals surface area contributed by atoms with Crippen LogP contribution < -0.4 is 4.74 Å². The van der Waals surface area contributed by atoms with Crippen molar-refractivity contribution in [1.29, 1.82) is 0 Å². The largest absolute Gasteiger partial charge is 0.479 e. The zero-order valence-electron chi connectivity index (χ0n) is 12.0. The summed E-state index contributed by atoms with van der Waals surface area (Å²) in [6, 6.07) is 10.5. The van der Waals surface area contributed by atoms with Crippen molar-refractivity contribution in [3.63, 3.8) is 0 Å². The number of aromatic nitrogens is 4. The second-order valence-corrected chi connectivity index (χ2v) is 5.70. The number of methoxy groups -OCH3 is 1. The molecule has 6 heteroatoms. The summed E-state index contributed by atoms with van der Waals surface area (Å²) in [5.74, 6) is 0.898. The molecule has 0 saturated heterocycles. The van der Waals surface area contributed by atoms with Gasteiger partial charge in [0.2, 0.25) is 0 Å². The lowest BCUT2D eigenvalue weighted by Gasteiger charge is -2.17. The predicted octanol–water partition coefficient (Wildman–Crippen LogP) is 3.29. The number of nitrogens with one attached hydrogen (secondary N) is 1. The molecule has 1 aromatic carbocycles. The van der Waals surface area contributed by atoms with Crippen molar-refractivity contribution in [3.05, 3.63) is 53.2 Å². The third kappa shape index (κ3) is 2.12. The number of nitrogens with zero attached hydrogens (tertiary/aromatic N) is 3. The Morgan fingerprint density at radius 3 is 2.86 bits per heavy atom. The monoisotopic (exact) mass is 310 g/mol. The highest BCUT2D eigenvalue weighted by atomic mass is 32.1. The molecule has 1 aliphatic carbocycles. The van der Waals surface area contributed by atoms with E-state index in [2.05, 4.69) is 55.4 Å². The fourth-order valence-electron chi connectivity index (χ4n) is 2.79. The lowest BCUT2D eigenvalue weighted by molar-refractivity contribution is 0.403. The molecule has 1 N–H and O–H groups in total. The summed E-state index contributed by atoms with van der Waals surface area (Å²) >= 11 is 1.13. The van der Waals surface area contributed by atoms with Crippen molar-refractivity contribution in [2.75, 3.05) is 7.11 Å². The summed E-state index contributed by atoms with van der Waals surface area (Å²) in [6.45, 7) is 0. The molecular formula is C16H14N4OS. The van der Waals surface area contributed by atoms with Gasteiger partial charge in [-0.3, -0.25) is 5.10 Å². The highest BCUT2D eigenvalue weighted by molar-refractivity contribution is 6.99. The van der Waals surface area contributed by atoms with Crippen LogP contribution in [0.15, 0.2) is 36.4 Å². The third-order valence-electron chi connectivity index (χ3n) is 3.91. The number of aromatic amines is 1. The first-order chi connectivity index (χ1) is 10.9. The Morgan fingerprint density at radius 2 is 2.05 bits per heavy atom. The van der Waals surface area contributed by atoms with Gasteiger partial charge in [0.15, 0.2) is 5.69 Å². The van der Waals surface area contributed by atoms with E-state index < -0.39 is 0 Å². The minimum Gasteiger partial charge on any atom is -0.479 e. The summed E-state index contributed by atoms with van der Waals surface area (Å²) < 4.78 is 13.7. The molecule has 0 amide bonds. The molecule has 3 aromatic rings. The summed E-state index contributed by atoms with van der Waals surface area (Å²) in [4.78, 5) is 0. The Morgan fingerprint density at radius 1 is 1.18 bits per heavy atom. The average molecular weight is 310 g/mol. The van der Waals surface area contributed by atoms with E-state index in [1.54, 1.807) is 7.11 Å². The number of hydrogen-bond acceptors (Lipinski definition) is 5. The maximum atomic E-state index is 5.25. The van der Waals surface area contributed by atoms with Crippen LogP contribution in [0.3, 0.4) is 0 Å². The fraction of sp³-hybridized carbons (Fsp3) is 0.188. The number of benzene rings is 1. The quantitative estimate of drug-likeness (QED) is 0.806. The normalized spacial score (nSPS) is 16.5. The molecule has 0 radical (unpaired) electrons. The Hall–Kier alpha value is -2.47. The molecular weight excluding hydrogens is 296 g/mol. The zero-order valence-corrected chi connectivity index (χ0v) is 12.8. The minimum atomic E-state index is 0.373. The molecule has 0 bridgehead atoms. The van der Waals surface area contributed by atoms with Gasteiger partial charge in [-0.1, -0.05) is 42.5 Å². The van der Waals surface area contributed by atoms with Crippen LogP contribution in [-0.4, -0.2) is 26.1 Å². The molecule has 0 spiro atoms. The molecule has 0 saturated carbocycles. The van der Waals surface area contributed by atoms with E-state index in [4.69, 9.17) is 4.74 Å². The van der Waals surface area contributed by atoms with Crippen LogP contribution in [0.1, 0.15) is 22.7 Å². The van der Waals surface area contributed by atoms with Crippen LogP contribution in [-0.2, 0) is 6.42 Å². The van der Waals surface area contributed by atoms with Gasteiger partial charge in [0.1, 0.15) is 5.69 Å². The van der Waals surface area contributed by atoms with Crippen molar-refractivity contribution in [2.24, 2.45) is 0 Å². The van der Waals surface area contributed by atoms with Crippen LogP contribution in [0.25, 0.3) is 17.5 Å². The Bertz CT molecular complexity index is 822. The van der Waals surface area contributed by atoms with Crippen LogP contribution >= 0.6 is 11.7 Å². The van der Waals surface area contributed by atoms with Gasteiger partial charge in [-0.25, -0.2) is 0 Å². The van der Waals surface area contributed by atoms with E-state index in [1.165, 1.54) is 5.56 Å². The van der Waals surface area contributed by atoms with Gasteiger partial charge in [-0.2, -0.15) is 9.47 Å². The van der Waals surface area contributed by atoms with Gasteiger partial charge >= 0.3 is 0 Å². The second kappa shape index (κ2) is 5.38. The molecule has 0 aliphatic heterocycles. The molecule has 1 aliphatic rings. The first-order valence-electron chi connectivity index (χ1n) is 7.04. The maximum Gasteiger partial charge on any atom is 0.255 e. The molecule has 1 atom stereocenters. The molecule has 2 heterocycles. The maximum absolute atomic E-state index is 5.25. The Labute approximate surface area is 132 Å². The molecule has 110 valence electrons. The topological polar surface area (TPSA) is 63.7 Å². The van der Waals surface area contributed by atoms with Gasteiger partial charge in [-0.05, 0) is 5.56 Å². The van der Waals surface area contributed by atoms with Gasteiger partial charge in [0, 0.05) is 23.6 Å². The zero-order chi connectivity index (χ0) is 14.9. The minimum absolute atomic E-state index is 0.373. The highest BCUT2D eigenvalue weighted by Crippen LogP contribution is 2.36. The summed E-state index contributed by atoms with van der Waals surface area (Å²) in [5.41, 5.74) is 5.03. The number of H-pyrrole nitrogens is 1. The van der Waals surface area contributed by atoms with Gasteiger partial charge in [0.25, 0.3) is 5.88 Å². The Balaban J connectivity index is 1.70. The van der Waals surface area contributed by atoms with Crippen LogP contribution in [0.2, 0.25) is 0 Å². The van der Waals surface area contributed by atoms with E-state index >= 15 is 0 Å². The van der Waals surface area contributed by atoms with E-state index in [0.717, 1.165) is 35.1 Å². The first kappa shape index (κ1) is 13.2. The molecule has 5 nitrogen and oxygen atoms in total. The molecule has 2 aromatic heterocycles. The Kier molecular flexibility index (Phi) is 3.23. The number of fused-ring (bicyclic) bond motifs is 1. The van der Waals surface area contributed by atoms with Gasteiger partial charge in [-0.15, -0.1) is 4.37 Å². The smallest absolute Gasteiger partial charge is 0.255 e. The summed E-state index contributed by atoms with van der Waals surface area (Å²) in [5, 5.41) is 7.57. The standard InChI is InChI=1S/C16H14N4OS/c1-21-16-15(19-22-20-16)14-12-8-7-11(9-13(12)17-18-14)10-5-3-2-4-6-10/h2-8,11H,9H2,1H3,(H,17,18). The predicted molar refractivity (Wildman–Crippen MR) is 86.0 cm³/mol. The number of ether oxygens (including phenoxy) is 1. The van der Waals surface area contributed by atoms with Crippen molar-refractivity contribution in [2.45, 2.75) is 12.3 Å². The van der Waals surface area contributed by atoms with E-state index in [1.807, 2.05) is 6.07 Å². The summed E-state index contributed by atoms with van der Waals surface area (Å²) in [6.07, 6.45) is 5.25. The van der Waals surface area contributed by atoms with Crippen molar-refractivity contribution >= 4 is 17.8 Å². The summed E-state index contributed by atoms with van der Waals surface area (Å²) in [7, 11) is 1.60. The third-order valence-corrected chi connectivity index (χ3v) is 4.42. The van der Waals surface area contributed by atoms with Crippen LogP contribution in [0, 0.1) is 0 Å². The van der Waals surface area contributed by atoms with Crippen LogP contribution in [0.5, 0.6) is 5.88 Å². The van der Waals surface area contributed by atoms with Crippen molar-refractivity contribution in [3.8, 4) is 17.3 Å². The van der Waals surface area contributed by atoms with Crippen molar-refractivity contribution < 1.29 is 4.74 Å². The molecule has 1 unspecified atom stereocenters. The van der Waals surface area contributed by atoms with E-state index in [9.17, 15) is 0 Å². The van der Waals surface area contributed by atoms with Gasteiger partial charge < -0.3 is 4.74 Å². The van der Waals surface area contributed by atoms with E-state index in [-0.39, 0.29) is 0 Å². The van der Waals surface area contributed by atoms with Gasteiger partial charge in [0.05, 0.1) is 18.8 Å². The molecule has 0 fully saturated rings. The fourth-order valence-corrected chi connectivity index (χ4v) is 3.31. The number of allylic oxidation sites excluding steroid dienone is 1. The lowest BCUT2D eigenvalue weighted by Crippen LogP contribution is -2.05. The van der Waals surface area contributed by atoms with E-state index in [0.29, 0.717) is 17.5 Å². The SMILES string of the molecule is COc1nsnc1-c1n[nH]c2c1C=CC(c1ccccc1)C2. The second-order valence-electron chi connectivity index (χ2n) is 5.17. The lowest BCUT2D eigenvalue weighted by atomic mass is 9.88.